The van der Waals surface area contributed by atoms with Crippen molar-refractivity contribution in [3.8, 4) is 0 Å². The highest BCUT2D eigenvalue weighted by atomic mass is 16.5. The maximum absolute atomic E-state index is 12.7. The third-order valence-electron chi connectivity index (χ3n) is 6.63. The lowest BCUT2D eigenvalue weighted by Crippen LogP contribution is -2.51. The first-order chi connectivity index (χ1) is 14.0. The third-order valence-corrected chi connectivity index (χ3v) is 6.63. The van der Waals surface area contributed by atoms with Gasteiger partial charge in [-0.2, -0.15) is 5.10 Å². The minimum atomic E-state index is -0.302. The topological polar surface area (TPSA) is 63.5 Å². The number of carbonyl (C=O) groups is 1. The van der Waals surface area contributed by atoms with E-state index < -0.39 is 0 Å². The molecule has 1 aliphatic carbocycles. The first-order valence-corrected chi connectivity index (χ1v) is 11.0. The Bertz CT molecular complexity index is 877. The van der Waals surface area contributed by atoms with Crippen LogP contribution in [-0.2, 0) is 11.8 Å². The van der Waals surface area contributed by atoms with E-state index in [2.05, 4.69) is 26.8 Å². The van der Waals surface area contributed by atoms with E-state index in [9.17, 15) is 4.79 Å². The van der Waals surface area contributed by atoms with Crippen molar-refractivity contribution in [1.29, 1.82) is 0 Å². The zero-order valence-electron chi connectivity index (χ0n) is 18.1. The molecule has 1 saturated carbocycles. The summed E-state index contributed by atoms with van der Waals surface area (Å²) in [6, 6.07) is 0.718. The van der Waals surface area contributed by atoms with Crippen LogP contribution in [-0.4, -0.2) is 64.5 Å². The number of carbonyl (C=O) groups excluding carboxylic acids is 1. The van der Waals surface area contributed by atoms with Gasteiger partial charge in [-0.05, 0) is 45.4 Å². The molecule has 1 aliphatic heterocycles. The SMILES string of the molecule is CCOC(=O)c1cnc2c(c(C)nn2C)c1N1CCN(C2CCC(C)CC2)CC1. The number of hydrogen-bond acceptors (Lipinski definition) is 6. The zero-order valence-corrected chi connectivity index (χ0v) is 18.1. The molecule has 0 radical (unpaired) electrons. The molecular formula is C22H33N5O2. The minimum Gasteiger partial charge on any atom is -0.462 e. The van der Waals surface area contributed by atoms with Crippen LogP contribution in [0.1, 0.15) is 55.6 Å². The molecule has 3 heterocycles. The number of piperazine rings is 1. The minimum absolute atomic E-state index is 0.302. The standard InChI is InChI=1S/C22H33N5O2/c1-5-29-22(28)18-14-23-21-19(16(3)24-25(21)4)20(18)27-12-10-26(11-13-27)17-8-6-15(2)7-9-17/h14-15,17H,5-13H2,1-4H3. The van der Waals surface area contributed by atoms with Crippen molar-refractivity contribution in [3.05, 3.63) is 17.5 Å². The van der Waals surface area contributed by atoms with Gasteiger partial charge in [-0.3, -0.25) is 9.58 Å². The van der Waals surface area contributed by atoms with E-state index in [1.165, 1.54) is 25.7 Å². The molecule has 158 valence electrons. The summed E-state index contributed by atoms with van der Waals surface area (Å²) in [5.74, 6) is 0.571. The summed E-state index contributed by atoms with van der Waals surface area (Å²) in [5, 5.41) is 5.52. The van der Waals surface area contributed by atoms with Crippen LogP contribution in [0.2, 0.25) is 0 Å². The predicted octanol–water partition coefficient (Wildman–Crippen LogP) is 3.15. The molecule has 0 bridgehead atoms. The van der Waals surface area contributed by atoms with Crippen molar-refractivity contribution in [2.24, 2.45) is 13.0 Å². The number of rotatable bonds is 4. The molecule has 4 rings (SSSR count). The Morgan fingerprint density at radius 1 is 1.17 bits per heavy atom. The largest absolute Gasteiger partial charge is 0.462 e. The lowest BCUT2D eigenvalue weighted by molar-refractivity contribution is 0.0526. The Morgan fingerprint density at radius 2 is 1.86 bits per heavy atom. The van der Waals surface area contributed by atoms with Crippen molar-refractivity contribution in [2.75, 3.05) is 37.7 Å². The van der Waals surface area contributed by atoms with E-state index >= 15 is 0 Å². The van der Waals surface area contributed by atoms with E-state index in [4.69, 9.17) is 4.74 Å². The van der Waals surface area contributed by atoms with E-state index in [-0.39, 0.29) is 5.97 Å². The average molecular weight is 400 g/mol. The number of anilines is 1. The van der Waals surface area contributed by atoms with Gasteiger partial charge < -0.3 is 9.64 Å². The quantitative estimate of drug-likeness (QED) is 0.736. The van der Waals surface area contributed by atoms with Crippen LogP contribution < -0.4 is 4.90 Å². The molecule has 1 saturated heterocycles. The van der Waals surface area contributed by atoms with Gasteiger partial charge in [0.1, 0.15) is 5.56 Å². The number of esters is 1. The van der Waals surface area contributed by atoms with Crippen molar-refractivity contribution in [2.45, 2.75) is 52.5 Å². The first kappa shape index (κ1) is 20.1. The second kappa shape index (κ2) is 8.30. The van der Waals surface area contributed by atoms with Gasteiger partial charge in [-0.1, -0.05) is 6.92 Å². The molecule has 0 aromatic carbocycles. The lowest BCUT2D eigenvalue weighted by Gasteiger charge is -2.42. The molecule has 7 nitrogen and oxygen atoms in total. The third kappa shape index (κ3) is 3.84. The molecule has 0 atom stereocenters. The van der Waals surface area contributed by atoms with E-state index in [1.54, 1.807) is 10.9 Å². The van der Waals surface area contributed by atoms with Gasteiger partial charge in [0.15, 0.2) is 5.65 Å². The van der Waals surface area contributed by atoms with Crippen LogP contribution in [0.5, 0.6) is 0 Å². The number of aryl methyl sites for hydroxylation is 2. The van der Waals surface area contributed by atoms with Crippen LogP contribution in [0.4, 0.5) is 5.69 Å². The maximum Gasteiger partial charge on any atom is 0.341 e. The average Bonchev–Trinajstić information content (AvgIpc) is 3.02. The Morgan fingerprint density at radius 3 is 2.52 bits per heavy atom. The zero-order chi connectivity index (χ0) is 20.5. The molecule has 0 spiro atoms. The number of hydrogen-bond donors (Lipinski definition) is 0. The number of fused-ring (bicyclic) bond motifs is 1. The number of pyridine rings is 1. The molecule has 2 aromatic rings. The normalized spacial score (nSPS) is 23.5. The molecule has 0 amide bonds. The summed E-state index contributed by atoms with van der Waals surface area (Å²) >= 11 is 0. The van der Waals surface area contributed by atoms with E-state index in [1.807, 2.05) is 20.9 Å². The molecular weight excluding hydrogens is 366 g/mol. The second-order valence-electron chi connectivity index (χ2n) is 8.59. The lowest BCUT2D eigenvalue weighted by atomic mass is 9.86. The van der Waals surface area contributed by atoms with Crippen molar-refractivity contribution in [3.63, 3.8) is 0 Å². The van der Waals surface area contributed by atoms with Gasteiger partial charge >= 0.3 is 5.97 Å². The molecule has 2 fully saturated rings. The van der Waals surface area contributed by atoms with Crippen LogP contribution in [0, 0.1) is 12.8 Å². The predicted molar refractivity (Wildman–Crippen MR) is 114 cm³/mol. The highest BCUT2D eigenvalue weighted by molar-refractivity contribution is 6.05. The van der Waals surface area contributed by atoms with Crippen molar-refractivity contribution in [1.82, 2.24) is 19.7 Å². The Labute approximate surface area is 173 Å². The highest BCUT2D eigenvalue weighted by Gasteiger charge is 2.30. The summed E-state index contributed by atoms with van der Waals surface area (Å²) in [4.78, 5) is 22.2. The second-order valence-corrected chi connectivity index (χ2v) is 8.59. The van der Waals surface area contributed by atoms with Crippen LogP contribution in [0.25, 0.3) is 11.0 Å². The van der Waals surface area contributed by atoms with Crippen LogP contribution >= 0.6 is 0 Å². The molecule has 29 heavy (non-hydrogen) atoms. The summed E-state index contributed by atoms with van der Waals surface area (Å²) < 4.78 is 7.13. The highest BCUT2D eigenvalue weighted by Crippen LogP contribution is 2.34. The summed E-state index contributed by atoms with van der Waals surface area (Å²) in [6.07, 6.45) is 6.98. The van der Waals surface area contributed by atoms with Crippen molar-refractivity contribution < 1.29 is 9.53 Å². The van der Waals surface area contributed by atoms with Gasteiger partial charge in [-0.25, -0.2) is 9.78 Å². The summed E-state index contributed by atoms with van der Waals surface area (Å²) in [7, 11) is 1.90. The smallest absolute Gasteiger partial charge is 0.341 e. The maximum atomic E-state index is 12.7. The fraction of sp³-hybridized carbons (Fsp3) is 0.682. The van der Waals surface area contributed by atoms with Gasteiger partial charge in [0.2, 0.25) is 0 Å². The monoisotopic (exact) mass is 399 g/mol. The number of nitrogens with zero attached hydrogens (tertiary/aromatic N) is 5. The fourth-order valence-corrected chi connectivity index (χ4v) is 5.00. The van der Waals surface area contributed by atoms with Crippen LogP contribution in [0.15, 0.2) is 6.20 Å². The summed E-state index contributed by atoms with van der Waals surface area (Å²) in [5.41, 5.74) is 3.21. The Hall–Kier alpha value is -2.15. The number of aromatic nitrogens is 3. The van der Waals surface area contributed by atoms with Crippen LogP contribution in [0.3, 0.4) is 0 Å². The van der Waals surface area contributed by atoms with Gasteiger partial charge in [0.05, 0.1) is 23.4 Å². The fourth-order valence-electron chi connectivity index (χ4n) is 5.00. The molecule has 2 aromatic heterocycles. The van der Waals surface area contributed by atoms with E-state index in [0.29, 0.717) is 12.2 Å². The Kier molecular flexibility index (Phi) is 5.76. The van der Waals surface area contributed by atoms with Gasteiger partial charge in [-0.15, -0.1) is 0 Å². The van der Waals surface area contributed by atoms with E-state index in [0.717, 1.165) is 60.6 Å². The van der Waals surface area contributed by atoms with Gasteiger partial charge in [0, 0.05) is 45.5 Å². The molecule has 7 heteroatoms. The first-order valence-electron chi connectivity index (χ1n) is 11.0. The van der Waals surface area contributed by atoms with Gasteiger partial charge in [0.25, 0.3) is 0 Å². The molecule has 2 aliphatic rings. The molecule has 0 unspecified atom stereocenters. The number of ether oxygens (including phenoxy) is 1. The molecule has 0 N–H and O–H groups in total. The van der Waals surface area contributed by atoms with Crippen molar-refractivity contribution >= 4 is 22.7 Å². The Balaban J connectivity index is 1.61. The summed E-state index contributed by atoms with van der Waals surface area (Å²) in [6.45, 7) is 10.4.